The van der Waals surface area contributed by atoms with Crippen molar-refractivity contribution in [3.8, 4) is 5.75 Å². The van der Waals surface area contributed by atoms with E-state index in [2.05, 4.69) is 4.72 Å². The highest BCUT2D eigenvalue weighted by atomic mass is 32.2. The fourth-order valence-corrected chi connectivity index (χ4v) is 3.95. The van der Waals surface area contributed by atoms with E-state index in [1.165, 1.54) is 0 Å². The minimum atomic E-state index is -3.19. The first-order valence-corrected chi connectivity index (χ1v) is 10.3. The fraction of sp³-hybridized carbons (Fsp3) is 0.588. The maximum atomic E-state index is 12.9. The Balaban J connectivity index is 1.69. The molecule has 6 nitrogen and oxygen atoms in total. The van der Waals surface area contributed by atoms with Gasteiger partial charge in [0, 0.05) is 31.1 Å². The number of carbonyl (C=O) groups is 1. The van der Waals surface area contributed by atoms with Crippen LogP contribution in [-0.2, 0) is 16.4 Å². The van der Waals surface area contributed by atoms with Crippen molar-refractivity contribution < 1.29 is 17.9 Å². The highest BCUT2D eigenvalue weighted by Gasteiger charge is 2.28. The van der Waals surface area contributed by atoms with E-state index in [4.69, 9.17) is 4.74 Å². The Kier molecular flexibility index (Phi) is 5.10. The molecule has 1 saturated heterocycles. The van der Waals surface area contributed by atoms with Crippen LogP contribution in [0.1, 0.15) is 41.6 Å². The molecule has 132 valence electrons. The Bertz CT molecular complexity index is 717. The number of benzene rings is 1. The highest BCUT2D eigenvalue weighted by molar-refractivity contribution is 7.88. The molecule has 0 spiro atoms. The molecule has 0 aromatic heterocycles. The van der Waals surface area contributed by atoms with Gasteiger partial charge in [-0.3, -0.25) is 4.79 Å². The smallest absolute Gasteiger partial charge is 0.254 e. The third kappa shape index (κ3) is 4.08. The topological polar surface area (TPSA) is 75.7 Å². The number of hydrogen-bond donors (Lipinski definition) is 1. The van der Waals surface area contributed by atoms with Gasteiger partial charge in [-0.2, -0.15) is 0 Å². The lowest BCUT2D eigenvalue weighted by atomic mass is 9.97. The van der Waals surface area contributed by atoms with E-state index in [0.29, 0.717) is 25.1 Å². The van der Waals surface area contributed by atoms with Crippen molar-refractivity contribution in [3.05, 3.63) is 29.3 Å². The van der Waals surface area contributed by atoms with Crippen LogP contribution >= 0.6 is 0 Å². The zero-order valence-electron chi connectivity index (χ0n) is 14.0. The van der Waals surface area contributed by atoms with E-state index in [1.54, 1.807) is 0 Å². The van der Waals surface area contributed by atoms with Gasteiger partial charge < -0.3 is 9.64 Å². The molecular formula is C17H24N2O4S. The van der Waals surface area contributed by atoms with Crippen LogP contribution in [0.2, 0.25) is 0 Å². The van der Waals surface area contributed by atoms with Crippen LogP contribution in [0.5, 0.6) is 5.75 Å². The molecule has 7 heteroatoms. The van der Waals surface area contributed by atoms with E-state index >= 15 is 0 Å². The molecule has 0 radical (unpaired) electrons. The molecular weight excluding hydrogens is 328 g/mol. The molecule has 1 aromatic rings. The van der Waals surface area contributed by atoms with Crippen molar-refractivity contribution in [2.45, 2.75) is 38.1 Å². The Morgan fingerprint density at radius 1 is 1.38 bits per heavy atom. The Morgan fingerprint density at radius 3 is 3.00 bits per heavy atom. The molecule has 1 fully saturated rings. The second kappa shape index (κ2) is 7.11. The number of hydrogen-bond acceptors (Lipinski definition) is 4. The van der Waals surface area contributed by atoms with E-state index in [9.17, 15) is 13.2 Å². The van der Waals surface area contributed by atoms with Gasteiger partial charge in [-0.15, -0.1) is 0 Å². The van der Waals surface area contributed by atoms with Crippen molar-refractivity contribution in [3.63, 3.8) is 0 Å². The van der Waals surface area contributed by atoms with E-state index in [0.717, 1.165) is 49.8 Å². The number of fused-ring (bicyclic) bond motifs is 1. The predicted molar refractivity (Wildman–Crippen MR) is 91.8 cm³/mol. The van der Waals surface area contributed by atoms with Crippen LogP contribution in [0.3, 0.4) is 0 Å². The number of likely N-dealkylation sites (tertiary alicyclic amines) is 1. The zero-order chi connectivity index (χ0) is 17.2. The van der Waals surface area contributed by atoms with E-state index < -0.39 is 10.0 Å². The number of piperidine rings is 1. The van der Waals surface area contributed by atoms with Gasteiger partial charge >= 0.3 is 0 Å². The van der Waals surface area contributed by atoms with Crippen molar-refractivity contribution in [2.75, 3.05) is 26.0 Å². The van der Waals surface area contributed by atoms with Crippen LogP contribution in [-0.4, -0.2) is 51.2 Å². The summed E-state index contributed by atoms with van der Waals surface area (Å²) in [6, 6.07) is 5.72. The second-order valence-corrected chi connectivity index (χ2v) is 8.36. The third-order valence-electron chi connectivity index (χ3n) is 4.67. The van der Waals surface area contributed by atoms with Gasteiger partial charge in [0.25, 0.3) is 5.91 Å². The molecule has 3 rings (SSSR count). The Morgan fingerprint density at radius 2 is 2.21 bits per heavy atom. The molecule has 0 aliphatic carbocycles. The number of ether oxygens (including phenoxy) is 1. The number of amides is 1. The molecule has 1 atom stereocenters. The summed E-state index contributed by atoms with van der Waals surface area (Å²) in [7, 11) is -3.19. The van der Waals surface area contributed by atoms with Crippen LogP contribution in [0, 0.1) is 0 Å². The summed E-state index contributed by atoms with van der Waals surface area (Å²) in [5, 5.41) is 0. The second-order valence-electron chi connectivity index (χ2n) is 6.52. The van der Waals surface area contributed by atoms with Gasteiger partial charge in [-0.05, 0) is 49.4 Å². The molecule has 0 saturated carbocycles. The highest BCUT2D eigenvalue weighted by Crippen LogP contribution is 2.28. The van der Waals surface area contributed by atoms with Gasteiger partial charge in [0.05, 0.1) is 12.9 Å². The summed E-state index contributed by atoms with van der Waals surface area (Å²) in [5.74, 6) is 0.910. The van der Waals surface area contributed by atoms with Crippen LogP contribution in [0.25, 0.3) is 0 Å². The average Bonchev–Trinajstić information content (AvgIpc) is 3.01. The maximum Gasteiger partial charge on any atom is 0.254 e. The SMILES string of the molecule is CS(=O)(=O)NCCC1CCCCN1C(=O)c1ccc2c(c1)CCO2. The molecule has 1 unspecified atom stereocenters. The monoisotopic (exact) mass is 352 g/mol. The minimum Gasteiger partial charge on any atom is -0.493 e. The number of sulfonamides is 1. The Labute approximate surface area is 143 Å². The lowest BCUT2D eigenvalue weighted by Gasteiger charge is -2.36. The summed E-state index contributed by atoms with van der Waals surface area (Å²) in [4.78, 5) is 14.8. The van der Waals surface area contributed by atoms with Crippen molar-refractivity contribution in [2.24, 2.45) is 0 Å². The fourth-order valence-electron chi connectivity index (χ4n) is 3.46. The quantitative estimate of drug-likeness (QED) is 0.872. The molecule has 2 aliphatic rings. The number of nitrogens with one attached hydrogen (secondary N) is 1. The first-order chi connectivity index (χ1) is 11.4. The van der Waals surface area contributed by atoms with Gasteiger partial charge in [-0.1, -0.05) is 0 Å². The number of carbonyl (C=O) groups excluding carboxylic acids is 1. The van der Waals surface area contributed by atoms with Crippen LogP contribution < -0.4 is 9.46 Å². The van der Waals surface area contributed by atoms with Crippen molar-refractivity contribution >= 4 is 15.9 Å². The predicted octanol–water partition coefficient (Wildman–Crippen LogP) is 1.56. The average molecular weight is 352 g/mol. The number of nitrogens with zero attached hydrogens (tertiary/aromatic N) is 1. The molecule has 0 bridgehead atoms. The maximum absolute atomic E-state index is 12.9. The first-order valence-electron chi connectivity index (χ1n) is 8.45. The van der Waals surface area contributed by atoms with E-state index in [1.807, 2.05) is 23.1 Å². The van der Waals surface area contributed by atoms with Gasteiger partial charge in [0.2, 0.25) is 10.0 Å². The lowest BCUT2D eigenvalue weighted by molar-refractivity contribution is 0.0604. The zero-order valence-corrected chi connectivity index (χ0v) is 14.8. The van der Waals surface area contributed by atoms with Crippen LogP contribution in [0.15, 0.2) is 18.2 Å². The summed E-state index contributed by atoms with van der Waals surface area (Å²) >= 11 is 0. The minimum absolute atomic E-state index is 0.0359. The molecule has 1 aromatic carbocycles. The normalized spacial score (nSPS) is 20.5. The standard InChI is InChI=1S/C17H24N2O4S/c1-24(21,22)18-9-7-15-4-2-3-10-19(15)17(20)14-5-6-16-13(12-14)8-11-23-16/h5-6,12,15,18H,2-4,7-11H2,1H3. The largest absolute Gasteiger partial charge is 0.493 e. The van der Waals surface area contributed by atoms with Crippen molar-refractivity contribution in [1.82, 2.24) is 9.62 Å². The molecule has 2 aliphatic heterocycles. The van der Waals surface area contributed by atoms with Gasteiger partial charge in [0.15, 0.2) is 0 Å². The third-order valence-corrected chi connectivity index (χ3v) is 5.39. The van der Waals surface area contributed by atoms with Gasteiger partial charge in [-0.25, -0.2) is 13.1 Å². The van der Waals surface area contributed by atoms with Gasteiger partial charge in [0.1, 0.15) is 5.75 Å². The summed E-state index contributed by atoms with van der Waals surface area (Å²) in [6.45, 7) is 1.78. The summed E-state index contributed by atoms with van der Waals surface area (Å²) < 4.78 is 30.4. The molecule has 1 amide bonds. The van der Waals surface area contributed by atoms with Crippen LogP contribution in [0.4, 0.5) is 0 Å². The summed E-state index contributed by atoms with van der Waals surface area (Å²) in [6.07, 6.45) is 5.64. The number of rotatable bonds is 5. The van der Waals surface area contributed by atoms with Crippen molar-refractivity contribution in [1.29, 1.82) is 0 Å². The molecule has 24 heavy (non-hydrogen) atoms. The lowest BCUT2D eigenvalue weighted by Crippen LogP contribution is -2.45. The summed E-state index contributed by atoms with van der Waals surface area (Å²) in [5.41, 5.74) is 1.79. The first kappa shape index (κ1) is 17.2. The molecule has 2 heterocycles. The Hall–Kier alpha value is -1.60. The molecule has 1 N–H and O–H groups in total. The van der Waals surface area contributed by atoms with E-state index in [-0.39, 0.29) is 11.9 Å².